The fourth-order valence-corrected chi connectivity index (χ4v) is 4.04. The van der Waals surface area contributed by atoms with Gasteiger partial charge in [-0.2, -0.15) is 0 Å². The molecule has 3 nitrogen and oxygen atoms in total. The first-order chi connectivity index (χ1) is 10.0. The molecular weight excluding hydrogens is 302 g/mol. The summed E-state index contributed by atoms with van der Waals surface area (Å²) in [5.41, 5.74) is 4.46. The molecule has 0 aliphatic carbocycles. The van der Waals surface area contributed by atoms with Gasteiger partial charge in [0.1, 0.15) is 5.82 Å². The fourth-order valence-electron chi connectivity index (χ4n) is 2.88. The second-order valence-electron chi connectivity index (χ2n) is 5.33. The maximum atomic E-state index is 6.14. The van der Waals surface area contributed by atoms with Crippen LogP contribution in [0.2, 0.25) is 0 Å². The van der Waals surface area contributed by atoms with Gasteiger partial charge in [-0.3, -0.25) is 0 Å². The summed E-state index contributed by atoms with van der Waals surface area (Å²) in [4.78, 5) is 10.6. The summed E-state index contributed by atoms with van der Waals surface area (Å²) >= 11 is 7.89. The van der Waals surface area contributed by atoms with E-state index in [1.54, 1.807) is 11.3 Å². The smallest absolute Gasteiger partial charge is 0.125 e. The Morgan fingerprint density at radius 3 is 2.62 bits per heavy atom. The summed E-state index contributed by atoms with van der Waals surface area (Å²) < 4.78 is 2.25. The molecule has 21 heavy (non-hydrogen) atoms. The molecule has 3 aromatic rings. The number of rotatable bonds is 3. The summed E-state index contributed by atoms with van der Waals surface area (Å²) in [7, 11) is 0. The van der Waals surface area contributed by atoms with Crippen molar-refractivity contribution in [2.24, 2.45) is 0 Å². The number of imidazole rings is 1. The lowest BCUT2D eigenvalue weighted by Gasteiger charge is -2.16. The number of thiazole rings is 1. The highest BCUT2D eigenvalue weighted by Crippen LogP contribution is 2.32. The number of nitrogens with zero attached hydrogens (tertiary/aromatic N) is 3. The van der Waals surface area contributed by atoms with Gasteiger partial charge < -0.3 is 4.57 Å². The lowest BCUT2D eigenvalue weighted by atomic mass is 10.2. The minimum absolute atomic E-state index is 0.191. The van der Waals surface area contributed by atoms with Gasteiger partial charge in [0.15, 0.2) is 0 Å². The van der Waals surface area contributed by atoms with Crippen LogP contribution in [-0.2, 0) is 5.88 Å². The van der Waals surface area contributed by atoms with E-state index in [9.17, 15) is 0 Å². The van der Waals surface area contributed by atoms with Crippen LogP contribution < -0.4 is 0 Å². The molecule has 0 radical (unpaired) electrons. The van der Waals surface area contributed by atoms with Crippen molar-refractivity contribution in [3.63, 3.8) is 0 Å². The number of fused-ring (bicyclic) bond motifs is 1. The molecule has 0 amide bonds. The van der Waals surface area contributed by atoms with Gasteiger partial charge >= 0.3 is 0 Å². The van der Waals surface area contributed by atoms with Crippen molar-refractivity contribution in [2.75, 3.05) is 0 Å². The second kappa shape index (κ2) is 5.43. The van der Waals surface area contributed by atoms with Crippen LogP contribution in [0.25, 0.3) is 11.0 Å². The molecule has 0 fully saturated rings. The molecule has 3 rings (SSSR count). The fraction of sp³-hybridized carbons (Fsp3) is 0.375. The largest absolute Gasteiger partial charge is 0.319 e. The number of para-hydroxylation sites is 1. The molecule has 5 heteroatoms. The van der Waals surface area contributed by atoms with Crippen molar-refractivity contribution in [1.82, 2.24) is 14.5 Å². The first-order valence-electron chi connectivity index (χ1n) is 6.99. The molecule has 1 aromatic carbocycles. The molecule has 2 heterocycles. The highest BCUT2D eigenvalue weighted by Gasteiger charge is 2.20. The molecule has 1 unspecified atom stereocenters. The first kappa shape index (κ1) is 14.5. The van der Waals surface area contributed by atoms with Crippen LogP contribution >= 0.6 is 22.9 Å². The third-order valence-electron chi connectivity index (χ3n) is 3.82. The van der Waals surface area contributed by atoms with E-state index in [0.29, 0.717) is 5.88 Å². The molecule has 0 saturated heterocycles. The second-order valence-corrected chi connectivity index (χ2v) is 6.83. The van der Waals surface area contributed by atoms with Crippen LogP contribution in [0.3, 0.4) is 0 Å². The summed E-state index contributed by atoms with van der Waals surface area (Å²) in [5.74, 6) is 1.33. The van der Waals surface area contributed by atoms with Crippen molar-refractivity contribution in [3.8, 4) is 0 Å². The predicted octanol–water partition coefficient (Wildman–Crippen LogP) is 4.77. The Balaban J connectivity index is 2.23. The van der Waals surface area contributed by atoms with Crippen LogP contribution in [0.15, 0.2) is 18.2 Å². The summed E-state index contributed by atoms with van der Waals surface area (Å²) in [6, 6.07) is 6.47. The molecule has 0 N–H and O–H groups in total. The lowest BCUT2D eigenvalue weighted by Crippen LogP contribution is -2.09. The SMILES string of the molecule is Cc1nc(C)c(C(C)n2c(CCl)nc3c(C)cccc32)s1. The number of hydrogen-bond donors (Lipinski definition) is 0. The number of alkyl halides is 1. The van der Waals surface area contributed by atoms with Crippen molar-refractivity contribution in [2.45, 2.75) is 39.6 Å². The van der Waals surface area contributed by atoms with Crippen LogP contribution in [0.4, 0.5) is 0 Å². The van der Waals surface area contributed by atoms with E-state index in [0.717, 1.165) is 27.6 Å². The van der Waals surface area contributed by atoms with Crippen molar-refractivity contribution in [1.29, 1.82) is 0 Å². The molecule has 110 valence electrons. The van der Waals surface area contributed by atoms with E-state index in [2.05, 4.69) is 48.5 Å². The van der Waals surface area contributed by atoms with E-state index >= 15 is 0 Å². The monoisotopic (exact) mass is 319 g/mol. The Morgan fingerprint density at radius 1 is 1.24 bits per heavy atom. The van der Waals surface area contributed by atoms with Gasteiger partial charge in [-0.1, -0.05) is 12.1 Å². The van der Waals surface area contributed by atoms with Crippen LogP contribution in [-0.4, -0.2) is 14.5 Å². The molecule has 0 aliphatic heterocycles. The number of benzene rings is 1. The molecular formula is C16H18ClN3S. The molecule has 0 spiro atoms. The van der Waals surface area contributed by atoms with Crippen molar-refractivity contribution < 1.29 is 0 Å². The van der Waals surface area contributed by atoms with E-state index in [4.69, 9.17) is 16.6 Å². The highest BCUT2D eigenvalue weighted by atomic mass is 35.5. The molecule has 0 bridgehead atoms. The number of halogens is 1. The minimum Gasteiger partial charge on any atom is -0.319 e. The molecule has 0 aliphatic rings. The van der Waals surface area contributed by atoms with E-state index in [1.165, 1.54) is 10.4 Å². The zero-order valence-electron chi connectivity index (χ0n) is 12.6. The van der Waals surface area contributed by atoms with Gasteiger partial charge in [0.2, 0.25) is 0 Å². The zero-order valence-corrected chi connectivity index (χ0v) is 14.2. The molecule has 0 saturated carbocycles. The third kappa shape index (κ3) is 2.36. The van der Waals surface area contributed by atoms with Gasteiger partial charge in [-0.15, -0.1) is 22.9 Å². The average molecular weight is 320 g/mol. The van der Waals surface area contributed by atoms with Gasteiger partial charge in [0, 0.05) is 0 Å². The summed E-state index contributed by atoms with van der Waals surface area (Å²) in [6.07, 6.45) is 0. The van der Waals surface area contributed by atoms with Crippen molar-refractivity contribution >= 4 is 34.0 Å². The quantitative estimate of drug-likeness (QED) is 0.651. The van der Waals surface area contributed by atoms with Crippen LogP contribution in [0.5, 0.6) is 0 Å². The van der Waals surface area contributed by atoms with E-state index in [-0.39, 0.29) is 6.04 Å². The maximum absolute atomic E-state index is 6.14. The Hall–Kier alpha value is -1.39. The summed E-state index contributed by atoms with van der Waals surface area (Å²) in [5, 5.41) is 1.10. The third-order valence-corrected chi connectivity index (χ3v) is 5.30. The van der Waals surface area contributed by atoms with Crippen molar-refractivity contribution in [3.05, 3.63) is 45.2 Å². The number of hydrogen-bond acceptors (Lipinski definition) is 3. The van der Waals surface area contributed by atoms with E-state index < -0.39 is 0 Å². The van der Waals surface area contributed by atoms with E-state index in [1.807, 2.05) is 6.92 Å². The van der Waals surface area contributed by atoms with Gasteiger partial charge in [-0.05, 0) is 39.3 Å². The highest BCUT2D eigenvalue weighted by molar-refractivity contribution is 7.11. The standard InChI is InChI=1S/C16H18ClN3S/c1-9-6-5-7-13-15(9)19-14(8-17)20(13)11(3)16-10(2)18-12(4)21-16/h5-7,11H,8H2,1-4H3. The minimum atomic E-state index is 0.191. The van der Waals surface area contributed by atoms with Gasteiger partial charge in [0.05, 0.1) is 38.5 Å². The average Bonchev–Trinajstić information content (AvgIpc) is 2.99. The summed E-state index contributed by atoms with van der Waals surface area (Å²) in [6.45, 7) is 8.40. The number of aromatic nitrogens is 3. The van der Waals surface area contributed by atoms with Gasteiger partial charge in [-0.25, -0.2) is 9.97 Å². The molecule has 1 atom stereocenters. The lowest BCUT2D eigenvalue weighted by molar-refractivity contribution is 0.639. The Bertz CT molecular complexity index is 803. The Labute approximate surface area is 133 Å². The van der Waals surface area contributed by atoms with Crippen LogP contribution in [0.1, 0.15) is 39.9 Å². The zero-order chi connectivity index (χ0) is 15.1. The Morgan fingerprint density at radius 2 is 2.00 bits per heavy atom. The predicted molar refractivity (Wildman–Crippen MR) is 89.4 cm³/mol. The first-order valence-corrected chi connectivity index (χ1v) is 8.34. The number of aryl methyl sites for hydroxylation is 3. The van der Waals surface area contributed by atoms with Crippen LogP contribution in [0, 0.1) is 20.8 Å². The molecule has 2 aromatic heterocycles. The topological polar surface area (TPSA) is 30.7 Å². The Kier molecular flexibility index (Phi) is 3.76. The maximum Gasteiger partial charge on any atom is 0.125 e. The normalized spacial score (nSPS) is 13.0. The van der Waals surface area contributed by atoms with Gasteiger partial charge in [0.25, 0.3) is 0 Å².